The Kier molecular flexibility index (Phi) is 6.86. The summed E-state index contributed by atoms with van der Waals surface area (Å²) in [5.41, 5.74) is 7.18. The van der Waals surface area contributed by atoms with Gasteiger partial charge in [0.05, 0.1) is 0 Å². The van der Waals surface area contributed by atoms with Gasteiger partial charge in [-0.1, -0.05) is 30.3 Å². The summed E-state index contributed by atoms with van der Waals surface area (Å²) in [5.74, 6) is -3.19. The van der Waals surface area contributed by atoms with Gasteiger partial charge in [-0.3, -0.25) is 14.6 Å². The van der Waals surface area contributed by atoms with Crippen LogP contribution in [0.2, 0.25) is 0 Å². The van der Waals surface area contributed by atoms with E-state index in [4.69, 9.17) is 10.5 Å². The Labute approximate surface area is 220 Å². The number of primary amides is 1. The molecule has 0 radical (unpaired) electrons. The molecule has 1 aliphatic heterocycles. The van der Waals surface area contributed by atoms with E-state index in [1.165, 1.54) is 0 Å². The standard InChI is InChI=1S/C29H30F2N4O3/c1-19(16-21-6-4-5-15-33-21)35-26(36)23-7-2-3-8-24(23)29(35,27(32)37)17-20-9-10-25(34-18-20)38-22-11-13-28(30,31)14-12-22/h2-10,15,18-19,22H,11-14,16-17H2,1H3,(H2,32,37). The summed E-state index contributed by atoms with van der Waals surface area (Å²) in [6.45, 7) is 1.89. The molecule has 7 nitrogen and oxygen atoms in total. The Morgan fingerprint density at radius 2 is 1.84 bits per heavy atom. The Bertz CT molecular complexity index is 1310. The molecule has 0 spiro atoms. The van der Waals surface area contributed by atoms with E-state index in [0.29, 0.717) is 29.0 Å². The summed E-state index contributed by atoms with van der Waals surface area (Å²) < 4.78 is 32.8. The Morgan fingerprint density at radius 3 is 2.50 bits per heavy atom. The topological polar surface area (TPSA) is 98.4 Å². The van der Waals surface area contributed by atoms with Crippen LogP contribution in [0.25, 0.3) is 0 Å². The summed E-state index contributed by atoms with van der Waals surface area (Å²) in [4.78, 5) is 37.3. The molecule has 2 aromatic heterocycles. The first-order valence-corrected chi connectivity index (χ1v) is 12.8. The number of amides is 2. The molecule has 5 rings (SSSR count). The fraction of sp³-hybridized carbons (Fsp3) is 0.379. The van der Waals surface area contributed by atoms with Crippen LogP contribution in [0, 0.1) is 0 Å². The highest BCUT2D eigenvalue weighted by Crippen LogP contribution is 2.43. The molecule has 1 fully saturated rings. The molecule has 1 saturated carbocycles. The van der Waals surface area contributed by atoms with Crippen molar-refractivity contribution in [3.63, 3.8) is 0 Å². The quantitative estimate of drug-likeness (QED) is 0.474. The van der Waals surface area contributed by atoms with Crippen LogP contribution in [0.15, 0.2) is 67.0 Å². The molecule has 3 heterocycles. The van der Waals surface area contributed by atoms with Crippen molar-refractivity contribution in [1.29, 1.82) is 0 Å². The first-order chi connectivity index (χ1) is 18.2. The van der Waals surface area contributed by atoms with Gasteiger partial charge in [0.25, 0.3) is 5.91 Å². The van der Waals surface area contributed by atoms with Crippen LogP contribution in [-0.4, -0.2) is 44.8 Å². The van der Waals surface area contributed by atoms with Crippen LogP contribution in [0.5, 0.6) is 5.88 Å². The molecule has 9 heteroatoms. The lowest BCUT2D eigenvalue weighted by atomic mass is 9.82. The lowest BCUT2D eigenvalue weighted by molar-refractivity contribution is -0.130. The summed E-state index contributed by atoms with van der Waals surface area (Å²) >= 11 is 0. The normalized spacial score (nSPS) is 21.7. The van der Waals surface area contributed by atoms with Crippen molar-refractivity contribution in [1.82, 2.24) is 14.9 Å². The number of benzene rings is 1. The molecular weight excluding hydrogens is 490 g/mol. The Hall–Kier alpha value is -3.88. The van der Waals surface area contributed by atoms with Gasteiger partial charge in [0, 0.05) is 67.0 Å². The zero-order chi connectivity index (χ0) is 26.9. The maximum absolute atomic E-state index is 13.7. The number of halogens is 2. The van der Waals surface area contributed by atoms with Crippen molar-refractivity contribution in [2.24, 2.45) is 5.73 Å². The second-order valence-electron chi connectivity index (χ2n) is 10.2. The van der Waals surface area contributed by atoms with Crippen molar-refractivity contribution >= 4 is 11.8 Å². The second-order valence-corrected chi connectivity index (χ2v) is 10.2. The number of hydrogen-bond acceptors (Lipinski definition) is 5. The molecule has 2 atom stereocenters. The molecule has 1 aliphatic carbocycles. The van der Waals surface area contributed by atoms with Crippen molar-refractivity contribution in [2.75, 3.05) is 0 Å². The molecule has 38 heavy (non-hydrogen) atoms. The van der Waals surface area contributed by atoms with E-state index in [1.807, 2.05) is 25.1 Å². The molecule has 2 amide bonds. The third kappa shape index (κ3) is 4.85. The van der Waals surface area contributed by atoms with Crippen LogP contribution in [-0.2, 0) is 23.2 Å². The number of fused-ring (bicyclic) bond motifs is 1. The Morgan fingerprint density at radius 1 is 1.11 bits per heavy atom. The van der Waals surface area contributed by atoms with Crippen LogP contribution >= 0.6 is 0 Å². The zero-order valence-electron chi connectivity index (χ0n) is 21.1. The number of aromatic nitrogens is 2. The monoisotopic (exact) mass is 520 g/mol. The molecule has 0 saturated heterocycles. The zero-order valence-corrected chi connectivity index (χ0v) is 21.1. The van der Waals surface area contributed by atoms with E-state index in [-0.39, 0.29) is 50.2 Å². The second kappa shape index (κ2) is 10.1. The number of carbonyl (C=O) groups is 2. The SMILES string of the molecule is CC(Cc1ccccn1)N1C(=O)c2ccccc2C1(Cc1ccc(OC2CCC(F)(F)CC2)nc1)C(N)=O. The van der Waals surface area contributed by atoms with Gasteiger partial charge in [-0.05, 0) is 43.5 Å². The van der Waals surface area contributed by atoms with E-state index < -0.39 is 17.4 Å². The number of alkyl halides is 2. The molecule has 2 N–H and O–H groups in total. The molecular formula is C29H30F2N4O3. The van der Waals surface area contributed by atoms with E-state index in [2.05, 4.69) is 9.97 Å². The maximum Gasteiger partial charge on any atom is 0.255 e. The highest BCUT2D eigenvalue weighted by molar-refractivity contribution is 6.07. The van der Waals surface area contributed by atoms with Crippen LogP contribution in [0.3, 0.4) is 0 Å². The fourth-order valence-electron chi connectivity index (χ4n) is 5.65. The number of nitrogens with zero attached hydrogens (tertiary/aromatic N) is 3. The van der Waals surface area contributed by atoms with Crippen molar-refractivity contribution in [3.8, 4) is 5.88 Å². The van der Waals surface area contributed by atoms with E-state index in [1.54, 1.807) is 53.7 Å². The number of pyridine rings is 2. The minimum atomic E-state index is -2.63. The summed E-state index contributed by atoms with van der Waals surface area (Å²) in [6.07, 6.45) is 3.68. The number of nitrogens with two attached hydrogens (primary N) is 1. The van der Waals surface area contributed by atoms with Gasteiger partial charge < -0.3 is 15.4 Å². The third-order valence-corrected chi connectivity index (χ3v) is 7.52. The number of rotatable bonds is 8. The van der Waals surface area contributed by atoms with Crippen molar-refractivity contribution < 1.29 is 23.1 Å². The fourth-order valence-corrected chi connectivity index (χ4v) is 5.65. The summed E-state index contributed by atoms with van der Waals surface area (Å²) in [7, 11) is 0. The van der Waals surface area contributed by atoms with Gasteiger partial charge >= 0.3 is 0 Å². The average Bonchev–Trinajstić information content (AvgIpc) is 3.16. The third-order valence-electron chi connectivity index (χ3n) is 7.52. The van der Waals surface area contributed by atoms with Crippen molar-refractivity contribution in [3.05, 3.63) is 89.4 Å². The molecule has 0 bridgehead atoms. The molecule has 3 aromatic rings. The minimum Gasteiger partial charge on any atom is -0.474 e. The highest BCUT2D eigenvalue weighted by Gasteiger charge is 2.55. The van der Waals surface area contributed by atoms with Gasteiger partial charge in [-0.15, -0.1) is 0 Å². The smallest absolute Gasteiger partial charge is 0.255 e. The summed E-state index contributed by atoms with van der Waals surface area (Å²) in [6, 6.07) is 15.7. The van der Waals surface area contributed by atoms with Crippen LogP contribution in [0.4, 0.5) is 8.78 Å². The first-order valence-electron chi connectivity index (χ1n) is 12.8. The predicted molar refractivity (Wildman–Crippen MR) is 137 cm³/mol. The van der Waals surface area contributed by atoms with Gasteiger partial charge in [0.2, 0.25) is 17.7 Å². The summed E-state index contributed by atoms with van der Waals surface area (Å²) in [5, 5.41) is 0. The lowest BCUT2D eigenvalue weighted by Gasteiger charge is -2.40. The van der Waals surface area contributed by atoms with Crippen LogP contribution < -0.4 is 10.5 Å². The molecule has 1 aromatic carbocycles. The molecule has 2 unspecified atom stereocenters. The van der Waals surface area contributed by atoms with E-state index in [0.717, 1.165) is 5.69 Å². The largest absolute Gasteiger partial charge is 0.474 e. The number of ether oxygens (including phenoxy) is 1. The Balaban J connectivity index is 1.43. The predicted octanol–water partition coefficient (Wildman–Crippen LogP) is 4.44. The minimum absolute atomic E-state index is 0.126. The van der Waals surface area contributed by atoms with Gasteiger partial charge in [0.1, 0.15) is 6.10 Å². The van der Waals surface area contributed by atoms with Crippen LogP contribution in [0.1, 0.15) is 59.8 Å². The molecule has 198 valence electrons. The number of hydrogen-bond donors (Lipinski definition) is 1. The lowest BCUT2D eigenvalue weighted by Crippen LogP contribution is -2.57. The van der Waals surface area contributed by atoms with Gasteiger partial charge in [-0.2, -0.15) is 0 Å². The average molecular weight is 521 g/mol. The highest BCUT2D eigenvalue weighted by atomic mass is 19.3. The van der Waals surface area contributed by atoms with E-state index in [9.17, 15) is 18.4 Å². The maximum atomic E-state index is 13.7. The van der Waals surface area contributed by atoms with E-state index >= 15 is 0 Å². The molecule has 2 aliphatic rings. The van der Waals surface area contributed by atoms with Gasteiger partial charge in [-0.25, -0.2) is 13.8 Å². The number of carbonyl (C=O) groups excluding carboxylic acids is 2. The van der Waals surface area contributed by atoms with Crippen molar-refractivity contribution in [2.45, 2.75) is 69.1 Å². The first kappa shape index (κ1) is 25.8. The van der Waals surface area contributed by atoms with Gasteiger partial charge in [0.15, 0.2) is 5.54 Å².